The molecule has 0 aliphatic rings. The molecule has 0 fully saturated rings. The second kappa shape index (κ2) is 7.27. The van der Waals surface area contributed by atoms with Crippen molar-refractivity contribution in [2.75, 3.05) is 6.54 Å². The highest BCUT2D eigenvalue weighted by Gasteiger charge is 2.11. The van der Waals surface area contributed by atoms with Crippen LogP contribution in [0.3, 0.4) is 0 Å². The Morgan fingerprint density at radius 2 is 1.62 bits per heavy atom. The van der Waals surface area contributed by atoms with Gasteiger partial charge in [-0.25, -0.2) is 0 Å². The minimum atomic E-state index is -0.597. The highest BCUT2D eigenvalue weighted by atomic mass is 16.3. The Kier molecular flexibility index (Phi) is 4.90. The first-order chi connectivity index (χ1) is 11.7. The topological polar surface area (TPSA) is 56.0 Å². The predicted molar refractivity (Wildman–Crippen MR) is 96.5 cm³/mol. The first kappa shape index (κ1) is 16.2. The molecule has 0 saturated heterocycles. The van der Waals surface area contributed by atoms with Crippen molar-refractivity contribution in [3.63, 3.8) is 0 Å². The monoisotopic (exact) mass is 316 g/mol. The summed E-state index contributed by atoms with van der Waals surface area (Å²) in [4.78, 5) is 0. The molecule has 0 radical (unpaired) electrons. The Morgan fingerprint density at radius 1 is 0.958 bits per heavy atom. The standard InChI is InChI=1S/C21H20N2O/c1-15(19-11-10-17-4-2-3-5-20(17)12-19)23-14-21(24)18-8-6-16(13-22)7-9-18/h2-12,15,21,23-24H,14H2,1H3. The third-order valence-corrected chi connectivity index (χ3v) is 4.32. The second-order valence-electron chi connectivity index (χ2n) is 5.99. The number of nitrogens with one attached hydrogen (secondary N) is 1. The summed E-state index contributed by atoms with van der Waals surface area (Å²) in [5.74, 6) is 0. The fourth-order valence-electron chi connectivity index (χ4n) is 2.78. The summed E-state index contributed by atoms with van der Waals surface area (Å²) in [6.07, 6.45) is -0.597. The van der Waals surface area contributed by atoms with Gasteiger partial charge in [0, 0.05) is 12.6 Å². The number of rotatable bonds is 5. The van der Waals surface area contributed by atoms with Crippen molar-refractivity contribution >= 4 is 10.8 Å². The fraction of sp³-hybridized carbons (Fsp3) is 0.190. The molecule has 0 spiro atoms. The molecule has 3 aromatic rings. The minimum Gasteiger partial charge on any atom is -0.387 e. The van der Waals surface area contributed by atoms with Crippen LogP contribution in [0.1, 0.15) is 35.8 Å². The van der Waals surface area contributed by atoms with Gasteiger partial charge in [0.1, 0.15) is 0 Å². The van der Waals surface area contributed by atoms with E-state index >= 15 is 0 Å². The van der Waals surface area contributed by atoms with Crippen LogP contribution in [0.4, 0.5) is 0 Å². The maximum absolute atomic E-state index is 10.3. The summed E-state index contributed by atoms with van der Waals surface area (Å²) in [7, 11) is 0. The molecule has 3 rings (SSSR count). The first-order valence-electron chi connectivity index (χ1n) is 8.07. The van der Waals surface area contributed by atoms with E-state index in [9.17, 15) is 5.11 Å². The first-order valence-corrected chi connectivity index (χ1v) is 8.07. The molecule has 3 heteroatoms. The van der Waals surface area contributed by atoms with E-state index < -0.39 is 6.10 Å². The molecule has 24 heavy (non-hydrogen) atoms. The Bertz CT molecular complexity index is 865. The molecule has 2 unspecified atom stereocenters. The summed E-state index contributed by atoms with van der Waals surface area (Å²) in [6.45, 7) is 2.55. The van der Waals surface area contributed by atoms with E-state index in [-0.39, 0.29) is 6.04 Å². The average Bonchev–Trinajstić information content (AvgIpc) is 2.65. The number of aliphatic hydroxyl groups excluding tert-OH is 1. The summed E-state index contributed by atoms with van der Waals surface area (Å²) < 4.78 is 0. The van der Waals surface area contributed by atoms with Crippen LogP contribution >= 0.6 is 0 Å². The zero-order chi connectivity index (χ0) is 16.9. The number of nitrogens with zero attached hydrogens (tertiary/aromatic N) is 1. The van der Waals surface area contributed by atoms with E-state index in [1.807, 2.05) is 12.1 Å². The molecule has 0 aromatic heterocycles. The van der Waals surface area contributed by atoms with Gasteiger partial charge in [0.05, 0.1) is 17.7 Å². The van der Waals surface area contributed by atoms with Crippen LogP contribution in [-0.2, 0) is 0 Å². The van der Waals surface area contributed by atoms with Gasteiger partial charge in [-0.15, -0.1) is 0 Å². The van der Waals surface area contributed by atoms with Crippen molar-refractivity contribution in [1.29, 1.82) is 5.26 Å². The molecule has 0 heterocycles. The van der Waals surface area contributed by atoms with Crippen LogP contribution in [0.25, 0.3) is 10.8 Å². The smallest absolute Gasteiger partial charge is 0.0991 e. The third-order valence-electron chi connectivity index (χ3n) is 4.32. The third kappa shape index (κ3) is 3.62. The maximum Gasteiger partial charge on any atom is 0.0991 e. The Balaban J connectivity index is 1.65. The lowest BCUT2D eigenvalue weighted by atomic mass is 10.0. The van der Waals surface area contributed by atoms with Crippen molar-refractivity contribution in [2.45, 2.75) is 19.1 Å². The van der Waals surface area contributed by atoms with Crippen LogP contribution in [0, 0.1) is 11.3 Å². The van der Waals surface area contributed by atoms with E-state index in [2.05, 4.69) is 48.6 Å². The van der Waals surface area contributed by atoms with Gasteiger partial charge in [-0.3, -0.25) is 0 Å². The van der Waals surface area contributed by atoms with Gasteiger partial charge in [0.15, 0.2) is 0 Å². The SMILES string of the molecule is CC(NCC(O)c1ccc(C#N)cc1)c1ccc2ccccc2c1. The van der Waals surface area contributed by atoms with E-state index in [0.29, 0.717) is 12.1 Å². The van der Waals surface area contributed by atoms with Crippen LogP contribution < -0.4 is 5.32 Å². The summed E-state index contributed by atoms with van der Waals surface area (Å²) in [5.41, 5.74) is 2.61. The summed E-state index contributed by atoms with van der Waals surface area (Å²) in [5, 5.41) is 24.9. The Hall–Kier alpha value is -2.67. The van der Waals surface area contributed by atoms with Gasteiger partial charge in [-0.05, 0) is 47.0 Å². The lowest BCUT2D eigenvalue weighted by Crippen LogP contribution is -2.24. The zero-order valence-electron chi connectivity index (χ0n) is 13.6. The van der Waals surface area contributed by atoms with E-state index in [1.165, 1.54) is 16.3 Å². The van der Waals surface area contributed by atoms with Gasteiger partial charge in [-0.1, -0.05) is 48.5 Å². The van der Waals surface area contributed by atoms with Crippen molar-refractivity contribution in [3.8, 4) is 6.07 Å². The van der Waals surface area contributed by atoms with Crippen molar-refractivity contribution < 1.29 is 5.11 Å². The second-order valence-corrected chi connectivity index (χ2v) is 5.99. The van der Waals surface area contributed by atoms with E-state index in [4.69, 9.17) is 5.26 Å². The minimum absolute atomic E-state index is 0.141. The van der Waals surface area contributed by atoms with Gasteiger partial charge < -0.3 is 10.4 Å². The molecule has 0 saturated carbocycles. The van der Waals surface area contributed by atoms with Crippen LogP contribution in [0.15, 0.2) is 66.7 Å². The normalized spacial score (nSPS) is 13.4. The van der Waals surface area contributed by atoms with Gasteiger partial charge in [-0.2, -0.15) is 5.26 Å². The molecule has 0 aliphatic heterocycles. The molecule has 0 bridgehead atoms. The summed E-state index contributed by atoms with van der Waals surface area (Å²) in [6, 6.07) is 24.0. The molecule has 0 aliphatic carbocycles. The number of hydrogen-bond acceptors (Lipinski definition) is 3. The molecular formula is C21H20N2O. The number of benzene rings is 3. The number of fused-ring (bicyclic) bond motifs is 1. The fourth-order valence-corrected chi connectivity index (χ4v) is 2.78. The Labute approximate surface area is 142 Å². The zero-order valence-corrected chi connectivity index (χ0v) is 13.6. The molecule has 3 aromatic carbocycles. The van der Waals surface area contributed by atoms with Crippen molar-refractivity contribution in [1.82, 2.24) is 5.32 Å². The summed E-state index contributed by atoms with van der Waals surface area (Å²) >= 11 is 0. The molecule has 3 nitrogen and oxygen atoms in total. The predicted octanol–water partition coefficient (Wildman–Crippen LogP) is 4.10. The van der Waals surface area contributed by atoms with E-state index in [0.717, 1.165) is 5.56 Å². The molecular weight excluding hydrogens is 296 g/mol. The lowest BCUT2D eigenvalue weighted by Gasteiger charge is -2.18. The van der Waals surface area contributed by atoms with Gasteiger partial charge >= 0.3 is 0 Å². The van der Waals surface area contributed by atoms with Gasteiger partial charge in [0.25, 0.3) is 0 Å². The largest absolute Gasteiger partial charge is 0.387 e. The lowest BCUT2D eigenvalue weighted by molar-refractivity contribution is 0.171. The highest BCUT2D eigenvalue weighted by molar-refractivity contribution is 5.83. The van der Waals surface area contributed by atoms with E-state index in [1.54, 1.807) is 24.3 Å². The van der Waals surface area contributed by atoms with Crippen LogP contribution in [-0.4, -0.2) is 11.7 Å². The Morgan fingerprint density at radius 3 is 2.33 bits per heavy atom. The maximum atomic E-state index is 10.3. The van der Waals surface area contributed by atoms with Gasteiger partial charge in [0.2, 0.25) is 0 Å². The van der Waals surface area contributed by atoms with Crippen molar-refractivity contribution in [2.24, 2.45) is 0 Å². The van der Waals surface area contributed by atoms with Crippen LogP contribution in [0.5, 0.6) is 0 Å². The molecule has 120 valence electrons. The number of aliphatic hydroxyl groups is 1. The quantitative estimate of drug-likeness (QED) is 0.745. The number of hydrogen-bond donors (Lipinski definition) is 2. The van der Waals surface area contributed by atoms with Crippen molar-refractivity contribution in [3.05, 3.63) is 83.4 Å². The molecule has 0 amide bonds. The molecule has 2 N–H and O–H groups in total. The number of nitriles is 1. The van der Waals surface area contributed by atoms with Crippen LogP contribution in [0.2, 0.25) is 0 Å². The average molecular weight is 316 g/mol. The molecule has 2 atom stereocenters. The highest BCUT2D eigenvalue weighted by Crippen LogP contribution is 2.21.